The number of aliphatic carboxylic acids is 1. The Morgan fingerprint density at radius 3 is 2.56 bits per heavy atom. The summed E-state index contributed by atoms with van der Waals surface area (Å²) in [6, 6.07) is 6.36. The molecule has 0 saturated carbocycles. The predicted molar refractivity (Wildman–Crippen MR) is 58.3 cm³/mol. The summed E-state index contributed by atoms with van der Waals surface area (Å²) in [5.41, 5.74) is 6.22. The Morgan fingerprint density at radius 2 is 2.06 bits per heavy atom. The average Bonchev–Trinajstić information content (AvgIpc) is 2.29. The second kappa shape index (κ2) is 6.09. The molecule has 1 unspecified atom stereocenters. The fraction of sp³-hybridized carbons (Fsp3) is 0.364. The normalized spacial score (nSPS) is 12.1. The topological polar surface area (TPSA) is 81.8 Å². The van der Waals surface area contributed by atoms with Crippen molar-refractivity contribution in [3.63, 3.8) is 0 Å². The first kappa shape index (κ1) is 12.5. The molecule has 16 heavy (non-hydrogen) atoms. The van der Waals surface area contributed by atoms with Gasteiger partial charge in [0.15, 0.2) is 0 Å². The van der Waals surface area contributed by atoms with Crippen LogP contribution >= 0.6 is 0 Å². The zero-order valence-corrected chi connectivity index (χ0v) is 9.05. The molecule has 1 aromatic carbocycles. The molecule has 1 rings (SSSR count). The Kier molecular flexibility index (Phi) is 4.75. The van der Waals surface area contributed by atoms with Crippen LogP contribution in [0.3, 0.4) is 0 Å². The summed E-state index contributed by atoms with van der Waals surface area (Å²) in [4.78, 5) is 10.4. The number of benzene rings is 1. The Balaban J connectivity index is 2.34. The number of ether oxygens (including phenoxy) is 2. The van der Waals surface area contributed by atoms with Gasteiger partial charge in [0.1, 0.15) is 11.8 Å². The van der Waals surface area contributed by atoms with Gasteiger partial charge in [0.05, 0.1) is 20.3 Å². The van der Waals surface area contributed by atoms with Crippen molar-refractivity contribution >= 4 is 5.97 Å². The van der Waals surface area contributed by atoms with Gasteiger partial charge >= 0.3 is 5.97 Å². The van der Waals surface area contributed by atoms with Crippen LogP contribution in [0.1, 0.15) is 5.56 Å². The van der Waals surface area contributed by atoms with Crippen LogP contribution in [0.15, 0.2) is 24.3 Å². The van der Waals surface area contributed by atoms with Crippen LogP contribution in [-0.4, -0.2) is 30.8 Å². The highest BCUT2D eigenvalue weighted by molar-refractivity contribution is 5.73. The van der Waals surface area contributed by atoms with Crippen molar-refractivity contribution in [3.8, 4) is 5.75 Å². The lowest BCUT2D eigenvalue weighted by Gasteiger charge is -2.08. The van der Waals surface area contributed by atoms with Crippen molar-refractivity contribution in [3.05, 3.63) is 29.8 Å². The largest absolute Gasteiger partial charge is 0.497 e. The average molecular weight is 225 g/mol. The summed E-state index contributed by atoms with van der Waals surface area (Å²) in [5, 5.41) is 8.53. The lowest BCUT2D eigenvalue weighted by Crippen LogP contribution is -2.34. The SMILES string of the molecule is COc1ccc(COCC(N)C(=O)O)cc1. The summed E-state index contributed by atoms with van der Waals surface area (Å²) < 4.78 is 10.2. The standard InChI is InChI=1S/C11H15NO4/c1-15-9-4-2-8(3-5-9)6-16-7-10(12)11(13)14/h2-5,10H,6-7,12H2,1H3,(H,13,14). The van der Waals surface area contributed by atoms with E-state index in [4.69, 9.17) is 20.3 Å². The molecule has 0 saturated heterocycles. The number of hydrogen-bond donors (Lipinski definition) is 2. The van der Waals surface area contributed by atoms with Crippen LogP contribution in [-0.2, 0) is 16.1 Å². The second-order valence-corrected chi connectivity index (χ2v) is 3.31. The van der Waals surface area contributed by atoms with Gasteiger partial charge in [0.25, 0.3) is 0 Å². The van der Waals surface area contributed by atoms with Gasteiger partial charge in [-0.05, 0) is 17.7 Å². The number of carboxylic acids is 1. The maximum atomic E-state index is 10.4. The maximum absolute atomic E-state index is 10.4. The third-order valence-corrected chi connectivity index (χ3v) is 2.04. The van der Waals surface area contributed by atoms with Crippen LogP contribution in [0.4, 0.5) is 0 Å². The summed E-state index contributed by atoms with van der Waals surface area (Å²) >= 11 is 0. The molecular weight excluding hydrogens is 210 g/mol. The van der Waals surface area contributed by atoms with E-state index in [2.05, 4.69) is 0 Å². The Bertz CT molecular complexity index is 336. The molecule has 0 aliphatic carbocycles. The molecule has 1 aromatic rings. The molecule has 5 nitrogen and oxygen atoms in total. The molecule has 0 aliphatic rings. The molecule has 1 atom stereocenters. The fourth-order valence-corrected chi connectivity index (χ4v) is 1.10. The second-order valence-electron chi connectivity index (χ2n) is 3.31. The summed E-state index contributed by atoms with van der Waals surface area (Å²) in [6.45, 7) is 0.340. The van der Waals surface area contributed by atoms with Crippen molar-refractivity contribution in [1.82, 2.24) is 0 Å². The molecule has 0 heterocycles. The molecule has 0 aromatic heterocycles. The molecule has 0 fully saturated rings. The van der Waals surface area contributed by atoms with Crippen LogP contribution < -0.4 is 10.5 Å². The monoisotopic (exact) mass is 225 g/mol. The first-order valence-electron chi connectivity index (χ1n) is 4.82. The van der Waals surface area contributed by atoms with Crippen molar-refractivity contribution in [2.24, 2.45) is 5.73 Å². The summed E-state index contributed by atoms with van der Waals surface area (Å²) in [6.07, 6.45) is 0. The highest BCUT2D eigenvalue weighted by Gasteiger charge is 2.10. The lowest BCUT2D eigenvalue weighted by molar-refractivity contribution is -0.140. The number of methoxy groups -OCH3 is 1. The highest BCUT2D eigenvalue weighted by Crippen LogP contribution is 2.11. The van der Waals surface area contributed by atoms with Crippen molar-refractivity contribution in [2.75, 3.05) is 13.7 Å². The summed E-state index contributed by atoms with van der Waals surface area (Å²) in [7, 11) is 1.59. The van der Waals surface area contributed by atoms with Gasteiger partial charge in [-0.1, -0.05) is 12.1 Å². The first-order valence-corrected chi connectivity index (χ1v) is 4.82. The minimum atomic E-state index is -1.06. The molecule has 0 amide bonds. The molecule has 0 radical (unpaired) electrons. The van der Waals surface area contributed by atoms with E-state index >= 15 is 0 Å². The van der Waals surface area contributed by atoms with E-state index in [9.17, 15) is 4.79 Å². The van der Waals surface area contributed by atoms with E-state index in [1.807, 2.05) is 24.3 Å². The smallest absolute Gasteiger partial charge is 0.322 e. The molecule has 3 N–H and O–H groups in total. The van der Waals surface area contributed by atoms with E-state index in [0.29, 0.717) is 6.61 Å². The van der Waals surface area contributed by atoms with Gasteiger partial charge in [-0.2, -0.15) is 0 Å². The Labute approximate surface area is 93.8 Å². The zero-order chi connectivity index (χ0) is 12.0. The number of rotatable bonds is 6. The zero-order valence-electron chi connectivity index (χ0n) is 9.05. The van der Waals surface area contributed by atoms with Gasteiger partial charge in [0.2, 0.25) is 0 Å². The van der Waals surface area contributed by atoms with Crippen molar-refractivity contribution < 1.29 is 19.4 Å². The predicted octanol–water partition coefficient (Wildman–Crippen LogP) is 0.624. The molecule has 0 aliphatic heterocycles. The van der Waals surface area contributed by atoms with E-state index in [1.54, 1.807) is 7.11 Å². The van der Waals surface area contributed by atoms with E-state index in [-0.39, 0.29) is 6.61 Å². The minimum absolute atomic E-state index is 0.00135. The third kappa shape index (κ3) is 3.88. The number of nitrogens with two attached hydrogens (primary N) is 1. The highest BCUT2D eigenvalue weighted by atomic mass is 16.5. The Morgan fingerprint density at radius 1 is 1.44 bits per heavy atom. The van der Waals surface area contributed by atoms with Gasteiger partial charge < -0.3 is 20.3 Å². The van der Waals surface area contributed by atoms with E-state index in [0.717, 1.165) is 11.3 Å². The van der Waals surface area contributed by atoms with Gasteiger partial charge in [0, 0.05) is 0 Å². The summed E-state index contributed by atoms with van der Waals surface area (Å²) in [5.74, 6) is -0.291. The molecular formula is C11H15NO4. The van der Waals surface area contributed by atoms with Crippen LogP contribution in [0.25, 0.3) is 0 Å². The first-order chi connectivity index (χ1) is 7.63. The molecule has 88 valence electrons. The maximum Gasteiger partial charge on any atom is 0.322 e. The molecule has 0 bridgehead atoms. The van der Waals surface area contributed by atoms with Gasteiger partial charge in [-0.25, -0.2) is 0 Å². The van der Waals surface area contributed by atoms with Crippen LogP contribution in [0, 0.1) is 0 Å². The fourth-order valence-electron chi connectivity index (χ4n) is 1.10. The van der Waals surface area contributed by atoms with Crippen molar-refractivity contribution in [1.29, 1.82) is 0 Å². The van der Waals surface area contributed by atoms with Crippen LogP contribution in [0.2, 0.25) is 0 Å². The Hall–Kier alpha value is -1.59. The minimum Gasteiger partial charge on any atom is -0.497 e. The number of carboxylic acid groups (broad SMARTS) is 1. The van der Waals surface area contributed by atoms with Gasteiger partial charge in [-0.3, -0.25) is 4.79 Å². The lowest BCUT2D eigenvalue weighted by atomic mass is 10.2. The number of hydrogen-bond acceptors (Lipinski definition) is 4. The molecule has 0 spiro atoms. The molecule has 5 heteroatoms. The van der Waals surface area contributed by atoms with E-state index in [1.165, 1.54) is 0 Å². The third-order valence-electron chi connectivity index (χ3n) is 2.04. The van der Waals surface area contributed by atoms with Crippen molar-refractivity contribution in [2.45, 2.75) is 12.6 Å². The number of carbonyl (C=O) groups is 1. The quantitative estimate of drug-likeness (QED) is 0.741. The van der Waals surface area contributed by atoms with Gasteiger partial charge in [-0.15, -0.1) is 0 Å². The van der Waals surface area contributed by atoms with E-state index < -0.39 is 12.0 Å². The van der Waals surface area contributed by atoms with Crippen LogP contribution in [0.5, 0.6) is 5.75 Å².